The maximum Gasteiger partial charge on any atom is 0.321 e. The smallest absolute Gasteiger partial charge is 0.321 e. The number of urea groups is 1. The molecule has 0 saturated heterocycles. The Balaban J connectivity index is 1.86. The predicted octanol–water partition coefficient (Wildman–Crippen LogP) is 0.845. The Kier molecular flexibility index (Phi) is 4.92. The number of aromatic hydroxyl groups is 1. The summed E-state index contributed by atoms with van der Waals surface area (Å²) in [5, 5.41) is 14.0. The van der Waals surface area contributed by atoms with Gasteiger partial charge in [-0.3, -0.25) is 5.32 Å². The SMILES string of the molecule is O=C(NCNS(=O)(=O)c1ccccc1)Nc1ncccc1O. The van der Waals surface area contributed by atoms with Crippen LogP contribution in [0.5, 0.6) is 5.75 Å². The third kappa shape index (κ3) is 4.17. The first kappa shape index (κ1) is 15.7. The molecule has 2 aromatic rings. The number of sulfonamides is 1. The van der Waals surface area contributed by atoms with E-state index in [0.29, 0.717) is 0 Å². The van der Waals surface area contributed by atoms with Crippen molar-refractivity contribution in [2.45, 2.75) is 4.90 Å². The van der Waals surface area contributed by atoms with Gasteiger partial charge in [-0.1, -0.05) is 18.2 Å². The monoisotopic (exact) mass is 322 g/mol. The van der Waals surface area contributed by atoms with Gasteiger partial charge in [-0.15, -0.1) is 0 Å². The summed E-state index contributed by atoms with van der Waals surface area (Å²) >= 11 is 0. The predicted molar refractivity (Wildman–Crippen MR) is 79.7 cm³/mol. The van der Waals surface area contributed by atoms with Crippen molar-refractivity contribution in [1.29, 1.82) is 0 Å². The Morgan fingerprint density at radius 3 is 2.55 bits per heavy atom. The van der Waals surface area contributed by atoms with Crippen molar-refractivity contribution in [2.75, 3.05) is 12.0 Å². The Morgan fingerprint density at radius 2 is 1.86 bits per heavy atom. The highest BCUT2D eigenvalue weighted by Crippen LogP contribution is 2.17. The summed E-state index contributed by atoms with van der Waals surface area (Å²) in [5.41, 5.74) is 0. The number of aromatic nitrogens is 1. The van der Waals surface area contributed by atoms with Gasteiger partial charge in [0.2, 0.25) is 10.0 Å². The van der Waals surface area contributed by atoms with Gasteiger partial charge < -0.3 is 10.4 Å². The Morgan fingerprint density at radius 1 is 1.14 bits per heavy atom. The maximum atomic E-state index is 11.9. The van der Waals surface area contributed by atoms with Crippen LogP contribution in [0.15, 0.2) is 53.6 Å². The molecule has 4 N–H and O–H groups in total. The third-order valence-corrected chi connectivity index (χ3v) is 4.00. The Hall–Kier alpha value is -2.65. The average molecular weight is 322 g/mol. The topological polar surface area (TPSA) is 120 Å². The van der Waals surface area contributed by atoms with Crippen LogP contribution in [0, 0.1) is 0 Å². The van der Waals surface area contributed by atoms with Crippen molar-refractivity contribution in [3.63, 3.8) is 0 Å². The molecule has 0 radical (unpaired) electrons. The van der Waals surface area contributed by atoms with E-state index in [2.05, 4.69) is 20.3 Å². The molecule has 0 aliphatic rings. The van der Waals surface area contributed by atoms with Gasteiger partial charge in [0.05, 0.1) is 11.6 Å². The summed E-state index contributed by atoms with van der Waals surface area (Å²) < 4.78 is 26.0. The van der Waals surface area contributed by atoms with Crippen molar-refractivity contribution in [1.82, 2.24) is 15.0 Å². The summed E-state index contributed by atoms with van der Waals surface area (Å²) in [6.07, 6.45) is 1.40. The molecule has 116 valence electrons. The van der Waals surface area contributed by atoms with Gasteiger partial charge in [-0.05, 0) is 24.3 Å². The van der Waals surface area contributed by atoms with Crippen LogP contribution in [-0.2, 0) is 10.0 Å². The van der Waals surface area contributed by atoms with Crippen LogP contribution in [0.1, 0.15) is 0 Å². The van der Waals surface area contributed by atoms with Crippen LogP contribution < -0.4 is 15.4 Å². The molecule has 0 atom stereocenters. The lowest BCUT2D eigenvalue weighted by molar-refractivity contribution is 0.252. The molecule has 0 unspecified atom stereocenters. The van der Waals surface area contributed by atoms with Gasteiger partial charge in [-0.25, -0.2) is 18.2 Å². The molecule has 22 heavy (non-hydrogen) atoms. The molecule has 0 spiro atoms. The van der Waals surface area contributed by atoms with Gasteiger partial charge in [-0.2, -0.15) is 4.72 Å². The van der Waals surface area contributed by atoms with Gasteiger partial charge >= 0.3 is 6.03 Å². The van der Waals surface area contributed by atoms with Gasteiger partial charge in [0.15, 0.2) is 11.6 Å². The minimum atomic E-state index is -3.69. The number of carbonyl (C=O) groups excluding carboxylic acids is 1. The molecule has 0 fully saturated rings. The summed E-state index contributed by atoms with van der Waals surface area (Å²) in [5.74, 6) is -0.214. The van der Waals surface area contributed by atoms with E-state index in [1.807, 2.05) is 0 Å². The zero-order valence-corrected chi connectivity index (χ0v) is 12.2. The van der Waals surface area contributed by atoms with Crippen molar-refractivity contribution < 1.29 is 18.3 Å². The van der Waals surface area contributed by atoms with Crippen molar-refractivity contribution >= 4 is 21.9 Å². The van der Waals surface area contributed by atoms with E-state index in [4.69, 9.17) is 0 Å². The molecule has 0 aliphatic carbocycles. The maximum absolute atomic E-state index is 11.9. The standard InChI is InChI=1S/C13H14N4O4S/c18-11-7-4-8-14-12(11)17-13(19)15-9-16-22(20,21)10-5-2-1-3-6-10/h1-8,16,18H,9H2,(H2,14,15,17,19). The number of hydrogen-bond acceptors (Lipinski definition) is 5. The van der Waals surface area contributed by atoms with Crippen LogP contribution in [0.3, 0.4) is 0 Å². The second-order valence-electron chi connectivity index (χ2n) is 4.14. The molecule has 0 saturated carbocycles. The van der Waals surface area contributed by atoms with Crippen LogP contribution in [-0.4, -0.2) is 31.2 Å². The minimum absolute atomic E-state index is 0.0223. The largest absolute Gasteiger partial charge is 0.504 e. The Bertz CT molecular complexity index is 750. The van der Waals surface area contributed by atoms with E-state index in [1.165, 1.54) is 30.5 Å². The number of rotatable bonds is 5. The lowest BCUT2D eigenvalue weighted by Gasteiger charge is -2.09. The van der Waals surface area contributed by atoms with Crippen molar-refractivity contribution in [2.24, 2.45) is 0 Å². The number of nitrogens with zero attached hydrogens (tertiary/aromatic N) is 1. The van der Waals surface area contributed by atoms with Crippen LogP contribution in [0.25, 0.3) is 0 Å². The van der Waals surface area contributed by atoms with Crippen LogP contribution >= 0.6 is 0 Å². The van der Waals surface area contributed by atoms with E-state index in [1.54, 1.807) is 18.2 Å². The molecule has 1 aromatic carbocycles. The number of carbonyl (C=O) groups is 1. The number of benzene rings is 1. The number of amides is 2. The number of pyridine rings is 1. The first-order chi connectivity index (χ1) is 10.5. The molecular weight excluding hydrogens is 308 g/mol. The van der Waals surface area contributed by atoms with Gasteiger partial charge in [0, 0.05) is 6.20 Å². The van der Waals surface area contributed by atoms with Crippen molar-refractivity contribution in [3.8, 4) is 5.75 Å². The number of nitrogens with one attached hydrogen (secondary N) is 3. The van der Waals surface area contributed by atoms with E-state index < -0.39 is 16.1 Å². The fourth-order valence-corrected chi connectivity index (χ4v) is 2.48. The zero-order valence-electron chi connectivity index (χ0n) is 11.4. The van der Waals surface area contributed by atoms with E-state index in [-0.39, 0.29) is 23.1 Å². The van der Waals surface area contributed by atoms with E-state index in [0.717, 1.165) is 0 Å². The molecular formula is C13H14N4O4S. The van der Waals surface area contributed by atoms with E-state index in [9.17, 15) is 18.3 Å². The lowest BCUT2D eigenvalue weighted by atomic mass is 10.4. The summed E-state index contributed by atoms with van der Waals surface area (Å²) in [4.78, 5) is 15.4. The second-order valence-corrected chi connectivity index (χ2v) is 5.91. The van der Waals surface area contributed by atoms with E-state index >= 15 is 0 Å². The zero-order chi connectivity index (χ0) is 16.0. The highest BCUT2D eigenvalue weighted by Gasteiger charge is 2.13. The third-order valence-electron chi connectivity index (χ3n) is 2.58. The van der Waals surface area contributed by atoms with Gasteiger partial charge in [0.1, 0.15) is 0 Å². The summed E-state index contributed by atoms with van der Waals surface area (Å²) in [6.45, 7) is -0.309. The highest BCUT2D eigenvalue weighted by atomic mass is 32.2. The fraction of sp³-hybridized carbons (Fsp3) is 0.0769. The quantitative estimate of drug-likeness (QED) is 0.608. The molecule has 9 heteroatoms. The summed E-state index contributed by atoms with van der Waals surface area (Å²) in [7, 11) is -3.69. The average Bonchev–Trinajstić information content (AvgIpc) is 2.50. The molecule has 1 heterocycles. The molecule has 2 rings (SSSR count). The normalized spacial score (nSPS) is 10.9. The number of anilines is 1. The first-order valence-corrected chi connectivity index (χ1v) is 7.71. The lowest BCUT2D eigenvalue weighted by Crippen LogP contribution is -2.39. The highest BCUT2D eigenvalue weighted by molar-refractivity contribution is 7.89. The Labute approximate surface area is 127 Å². The fourth-order valence-electron chi connectivity index (χ4n) is 1.54. The van der Waals surface area contributed by atoms with Crippen molar-refractivity contribution in [3.05, 3.63) is 48.7 Å². The molecule has 2 amide bonds. The first-order valence-electron chi connectivity index (χ1n) is 6.22. The van der Waals surface area contributed by atoms with Gasteiger partial charge in [0.25, 0.3) is 0 Å². The van der Waals surface area contributed by atoms with Crippen LogP contribution in [0.2, 0.25) is 0 Å². The van der Waals surface area contributed by atoms with Crippen LogP contribution in [0.4, 0.5) is 10.6 Å². The number of hydrogen-bond donors (Lipinski definition) is 4. The summed E-state index contributed by atoms with van der Waals surface area (Å²) in [6, 6.07) is 9.93. The molecule has 0 aliphatic heterocycles. The minimum Gasteiger partial charge on any atom is -0.504 e. The molecule has 0 bridgehead atoms. The molecule has 1 aromatic heterocycles. The second kappa shape index (κ2) is 6.87. The molecule has 8 nitrogen and oxygen atoms in total.